The molecule has 120 valence electrons. The van der Waals surface area contributed by atoms with Crippen molar-refractivity contribution in [2.75, 3.05) is 6.61 Å². The van der Waals surface area contributed by atoms with Crippen LogP contribution in [0.1, 0.15) is 33.3 Å². The summed E-state index contributed by atoms with van der Waals surface area (Å²) in [4.78, 5) is 11.5. The van der Waals surface area contributed by atoms with Crippen molar-refractivity contribution in [1.29, 1.82) is 0 Å². The predicted octanol–water partition coefficient (Wildman–Crippen LogP) is 2.55. The first-order chi connectivity index (χ1) is 10.4. The smallest absolute Gasteiger partial charge is 0.312 e. The summed E-state index contributed by atoms with van der Waals surface area (Å²) >= 11 is 0. The molecule has 1 aromatic carbocycles. The van der Waals surface area contributed by atoms with E-state index < -0.39 is 23.6 Å². The second-order valence-electron chi connectivity index (χ2n) is 5.54. The molecule has 0 aliphatic rings. The summed E-state index contributed by atoms with van der Waals surface area (Å²) in [5, 5.41) is 9.93. The minimum Gasteiger partial charge on any atom is -0.466 e. The number of hydrogen-bond acceptors (Lipinski definition) is 4. The van der Waals surface area contributed by atoms with Crippen LogP contribution in [0.15, 0.2) is 30.3 Å². The third kappa shape index (κ3) is 6.30. The van der Waals surface area contributed by atoms with Gasteiger partial charge in [-0.1, -0.05) is 42.2 Å². The van der Waals surface area contributed by atoms with E-state index in [1.54, 1.807) is 13.8 Å². The maximum Gasteiger partial charge on any atom is 0.312 e. The summed E-state index contributed by atoms with van der Waals surface area (Å²) in [6.07, 6.45) is -1.07. The standard InChI is InChI=1S/C18H24O4/c1-5-21-17(20)14(2)16(19)11-12-18(3,4)22-13-15-9-7-6-8-10-15/h6-10,14,16,19H,5,13H2,1-4H3/t14-,16+/m1/s1. The highest BCUT2D eigenvalue weighted by Crippen LogP contribution is 2.13. The third-order valence-electron chi connectivity index (χ3n) is 3.10. The van der Waals surface area contributed by atoms with E-state index >= 15 is 0 Å². The molecule has 0 saturated heterocycles. The van der Waals surface area contributed by atoms with E-state index in [1.165, 1.54) is 0 Å². The fraction of sp³-hybridized carbons (Fsp3) is 0.500. The van der Waals surface area contributed by atoms with Crippen LogP contribution in [0.3, 0.4) is 0 Å². The van der Waals surface area contributed by atoms with E-state index in [4.69, 9.17) is 9.47 Å². The molecule has 0 bridgehead atoms. The van der Waals surface area contributed by atoms with Crippen LogP contribution in [0.5, 0.6) is 0 Å². The van der Waals surface area contributed by atoms with Crippen LogP contribution in [0, 0.1) is 17.8 Å². The van der Waals surface area contributed by atoms with Crippen LogP contribution in [0.4, 0.5) is 0 Å². The lowest BCUT2D eigenvalue weighted by atomic mass is 10.0. The summed E-state index contributed by atoms with van der Waals surface area (Å²) in [6, 6.07) is 9.79. The van der Waals surface area contributed by atoms with Crippen LogP contribution >= 0.6 is 0 Å². The highest BCUT2D eigenvalue weighted by molar-refractivity contribution is 5.73. The van der Waals surface area contributed by atoms with Gasteiger partial charge in [0.05, 0.1) is 19.1 Å². The Labute approximate surface area is 132 Å². The second kappa shape index (κ2) is 8.57. The molecule has 0 fully saturated rings. The van der Waals surface area contributed by atoms with Crippen molar-refractivity contribution in [3.05, 3.63) is 35.9 Å². The number of rotatable bonds is 6. The molecule has 0 radical (unpaired) electrons. The molecule has 1 rings (SSSR count). The quantitative estimate of drug-likeness (QED) is 0.648. The molecule has 1 aromatic rings. The minimum atomic E-state index is -1.07. The summed E-state index contributed by atoms with van der Waals surface area (Å²) in [5.41, 5.74) is 0.336. The van der Waals surface area contributed by atoms with Gasteiger partial charge in [-0.15, -0.1) is 0 Å². The van der Waals surface area contributed by atoms with Gasteiger partial charge in [0.1, 0.15) is 11.7 Å². The zero-order valence-corrected chi connectivity index (χ0v) is 13.6. The van der Waals surface area contributed by atoms with E-state index in [-0.39, 0.29) is 6.61 Å². The van der Waals surface area contributed by atoms with Gasteiger partial charge in [0.2, 0.25) is 0 Å². The molecule has 0 spiro atoms. The number of aliphatic hydroxyl groups is 1. The number of aliphatic hydroxyl groups excluding tert-OH is 1. The maximum absolute atomic E-state index is 11.5. The molecule has 4 heteroatoms. The molecule has 0 aromatic heterocycles. The molecule has 4 nitrogen and oxygen atoms in total. The fourth-order valence-corrected chi connectivity index (χ4v) is 1.65. The SMILES string of the molecule is CCOC(=O)[C@H](C)[C@@H](O)C#CC(C)(C)OCc1ccccc1. The van der Waals surface area contributed by atoms with Crippen molar-refractivity contribution in [2.24, 2.45) is 5.92 Å². The van der Waals surface area contributed by atoms with Crippen LogP contribution in [0.25, 0.3) is 0 Å². The summed E-state index contributed by atoms with van der Waals surface area (Å²) < 4.78 is 10.6. The number of benzene rings is 1. The number of esters is 1. The van der Waals surface area contributed by atoms with Gasteiger partial charge in [-0.3, -0.25) is 4.79 Å². The molecule has 0 aliphatic heterocycles. The van der Waals surface area contributed by atoms with Gasteiger partial charge < -0.3 is 14.6 Å². The number of carbonyl (C=O) groups excluding carboxylic acids is 1. The first-order valence-electron chi connectivity index (χ1n) is 7.41. The number of ether oxygens (including phenoxy) is 2. The number of hydrogen-bond donors (Lipinski definition) is 1. The summed E-state index contributed by atoms with van der Waals surface area (Å²) in [5.74, 6) is 4.42. The maximum atomic E-state index is 11.5. The highest BCUT2D eigenvalue weighted by atomic mass is 16.5. The zero-order chi connectivity index (χ0) is 16.6. The van der Waals surface area contributed by atoms with E-state index in [0.717, 1.165) is 5.56 Å². The lowest BCUT2D eigenvalue weighted by molar-refractivity contribution is -0.149. The Morgan fingerprint density at radius 3 is 2.55 bits per heavy atom. The van der Waals surface area contributed by atoms with Crippen molar-refractivity contribution in [3.63, 3.8) is 0 Å². The molecule has 0 saturated carbocycles. The van der Waals surface area contributed by atoms with Crippen LogP contribution < -0.4 is 0 Å². The second-order valence-corrected chi connectivity index (χ2v) is 5.54. The summed E-state index contributed by atoms with van der Waals surface area (Å²) in [6.45, 7) is 7.69. The van der Waals surface area contributed by atoms with Gasteiger partial charge in [0.15, 0.2) is 0 Å². The van der Waals surface area contributed by atoms with Gasteiger partial charge in [0.25, 0.3) is 0 Å². The third-order valence-corrected chi connectivity index (χ3v) is 3.10. The van der Waals surface area contributed by atoms with Crippen LogP contribution in [-0.4, -0.2) is 29.4 Å². The van der Waals surface area contributed by atoms with Crippen molar-refractivity contribution >= 4 is 5.97 Å². The van der Waals surface area contributed by atoms with Gasteiger partial charge in [-0.2, -0.15) is 0 Å². The monoisotopic (exact) mass is 304 g/mol. The molecule has 1 N–H and O–H groups in total. The van der Waals surface area contributed by atoms with Crippen molar-refractivity contribution in [3.8, 4) is 11.8 Å². The Kier molecular flexibility index (Phi) is 7.10. The van der Waals surface area contributed by atoms with Crippen molar-refractivity contribution in [1.82, 2.24) is 0 Å². The lowest BCUT2D eigenvalue weighted by Gasteiger charge is -2.19. The minimum absolute atomic E-state index is 0.287. The molecule has 22 heavy (non-hydrogen) atoms. The predicted molar refractivity (Wildman–Crippen MR) is 84.9 cm³/mol. The highest BCUT2D eigenvalue weighted by Gasteiger charge is 2.22. The molecule has 0 heterocycles. The van der Waals surface area contributed by atoms with Gasteiger partial charge in [-0.25, -0.2) is 0 Å². The Balaban J connectivity index is 2.58. The van der Waals surface area contributed by atoms with Gasteiger partial charge in [-0.05, 0) is 33.3 Å². The van der Waals surface area contributed by atoms with Gasteiger partial charge in [0, 0.05) is 0 Å². The summed E-state index contributed by atoms with van der Waals surface area (Å²) in [7, 11) is 0. The Morgan fingerprint density at radius 1 is 1.32 bits per heavy atom. The van der Waals surface area contributed by atoms with Crippen molar-refractivity contribution in [2.45, 2.75) is 46.0 Å². The van der Waals surface area contributed by atoms with Crippen molar-refractivity contribution < 1.29 is 19.4 Å². The average Bonchev–Trinajstić information content (AvgIpc) is 2.51. The molecule has 0 aliphatic carbocycles. The van der Waals surface area contributed by atoms with E-state index in [2.05, 4.69) is 11.8 Å². The molecular formula is C18H24O4. The average molecular weight is 304 g/mol. The largest absolute Gasteiger partial charge is 0.466 e. The van der Waals surface area contributed by atoms with Crippen LogP contribution in [-0.2, 0) is 20.9 Å². The Bertz CT molecular complexity index is 525. The molecule has 0 unspecified atom stereocenters. The Morgan fingerprint density at radius 2 is 1.95 bits per heavy atom. The normalized spacial score (nSPS) is 13.7. The zero-order valence-electron chi connectivity index (χ0n) is 13.6. The molecule has 2 atom stereocenters. The first kappa shape index (κ1) is 18.2. The fourth-order valence-electron chi connectivity index (χ4n) is 1.65. The first-order valence-corrected chi connectivity index (χ1v) is 7.41. The van der Waals surface area contributed by atoms with E-state index in [1.807, 2.05) is 44.2 Å². The lowest BCUT2D eigenvalue weighted by Crippen LogP contribution is -2.28. The van der Waals surface area contributed by atoms with Crippen LogP contribution in [0.2, 0.25) is 0 Å². The molecule has 0 amide bonds. The molecular weight excluding hydrogens is 280 g/mol. The van der Waals surface area contributed by atoms with E-state index in [0.29, 0.717) is 6.61 Å². The van der Waals surface area contributed by atoms with E-state index in [9.17, 15) is 9.90 Å². The Hall–Kier alpha value is -1.83. The van der Waals surface area contributed by atoms with Gasteiger partial charge >= 0.3 is 5.97 Å². The number of carbonyl (C=O) groups is 1. The topological polar surface area (TPSA) is 55.8 Å².